The minimum atomic E-state index is -1.03. The molecule has 118 valence electrons. The average Bonchev–Trinajstić information content (AvgIpc) is 2.85. The largest absolute Gasteiger partial charge is 0.477 e. The number of benzene rings is 2. The Bertz CT molecular complexity index is 937. The first-order chi connectivity index (χ1) is 10.9. The van der Waals surface area contributed by atoms with Crippen LogP contribution in [0, 0.1) is 6.92 Å². The Hall–Kier alpha value is -1.33. The van der Waals surface area contributed by atoms with Crippen molar-refractivity contribution in [2.75, 3.05) is 0 Å². The molecule has 0 saturated heterocycles. The van der Waals surface area contributed by atoms with E-state index in [9.17, 15) is 9.90 Å². The summed E-state index contributed by atoms with van der Waals surface area (Å²) in [5.74, 6) is -1.03. The van der Waals surface area contributed by atoms with Crippen LogP contribution in [0.1, 0.15) is 16.1 Å². The Labute approximate surface area is 151 Å². The molecule has 23 heavy (non-hydrogen) atoms. The van der Waals surface area contributed by atoms with Gasteiger partial charge < -0.3 is 10.1 Å². The van der Waals surface area contributed by atoms with Crippen LogP contribution >= 0.6 is 46.6 Å². The van der Waals surface area contributed by atoms with Crippen LogP contribution in [0.15, 0.2) is 40.1 Å². The molecule has 2 aromatic carbocycles. The normalized spacial score (nSPS) is 11.1. The first-order valence-corrected chi connectivity index (χ1v) is 8.50. The number of nitrogens with one attached hydrogen (secondary N) is 1. The number of aromatic amines is 1. The third-order valence-corrected chi connectivity index (χ3v) is 5.70. The molecule has 1 aromatic heterocycles. The van der Waals surface area contributed by atoms with Crippen molar-refractivity contribution >= 4 is 63.4 Å². The highest BCUT2D eigenvalue weighted by Crippen LogP contribution is 2.43. The first-order valence-electron chi connectivity index (χ1n) is 6.55. The topological polar surface area (TPSA) is 53.1 Å². The smallest absolute Gasteiger partial charge is 0.353 e. The standard InChI is InChI=1S/C16H10Cl3NO2S/c1-7-3-2-4-11-13(7)15(14(20-11)16(21)22)23-12-6-9(18)8(17)5-10(12)19/h2-6,20H,1H3,(H,21,22). The van der Waals surface area contributed by atoms with Crippen molar-refractivity contribution in [3.05, 3.63) is 56.7 Å². The Morgan fingerprint density at radius 1 is 1.13 bits per heavy atom. The van der Waals surface area contributed by atoms with E-state index < -0.39 is 5.97 Å². The summed E-state index contributed by atoms with van der Waals surface area (Å²) in [6.07, 6.45) is 0. The number of hydrogen-bond acceptors (Lipinski definition) is 2. The number of rotatable bonds is 3. The van der Waals surface area contributed by atoms with Crippen molar-refractivity contribution in [1.29, 1.82) is 0 Å². The molecule has 0 saturated carbocycles. The van der Waals surface area contributed by atoms with Gasteiger partial charge in [-0.1, -0.05) is 58.7 Å². The predicted molar refractivity (Wildman–Crippen MR) is 95.6 cm³/mol. The number of H-pyrrole nitrogens is 1. The van der Waals surface area contributed by atoms with E-state index in [0.29, 0.717) is 24.9 Å². The van der Waals surface area contributed by atoms with Gasteiger partial charge in [0.15, 0.2) is 0 Å². The third-order valence-electron chi connectivity index (χ3n) is 3.39. The second-order valence-corrected chi connectivity index (χ2v) is 7.20. The van der Waals surface area contributed by atoms with Gasteiger partial charge in [0.25, 0.3) is 0 Å². The first kappa shape index (κ1) is 16.5. The van der Waals surface area contributed by atoms with Crippen LogP contribution in [-0.4, -0.2) is 16.1 Å². The van der Waals surface area contributed by atoms with Gasteiger partial charge in [0.05, 0.1) is 20.0 Å². The van der Waals surface area contributed by atoms with Gasteiger partial charge >= 0.3 is 5.97 Å². The van der Waals surface area contributed by atoms with Crippen LogP contribution in [0.3, 0.4) is 0 Å². The lowest BCUT2D eigenvalue weighted by molar-refractivity contribution is 0.0688. The Kier molecular flexibility index (Phi) is 4.52. The highest BCUT2D eigenvalue weighted by molar-refractivity contribution is 7.99. The molecule has 0 atom stereocenters. The molecule has 3 nitrogen and oxygen atoms in total. The maximum absolute atomic E-state index is 11.6. The molecule has 0 unspecified atom stereocenters. The van der Waals surface area contributed by atoms with Gasteiger partial charge in [0.2, 0.25) is 0 Å². The molecule has 3 aromatic rings. The van der Waals surface area contributed by atoms with E-state index in [0.717, 1.165) is 16.5 Å². The lowest BCUT2D eigenvalue weighted by Gasteiger charge is -2.07. The summed E-state index contributed by atoms with van der Waals surface area (Å²) in [6, 6.07) is 8.84. The van der Waals surface area contributed by atoms with Crippen LogP contribution in [0.5, 0.6) is 0 Å². The summed E-state index contributed by atoms with van der Waals surface area (Å²) >= 11 is 19.5. The van der Waals surface area contributed by atoms with Crippen LogP contribution in [0.2, 0.25) is 15.1 Å². The van der Waals surface area contributed by atoms with E-state index in [2.05, 4.69) is 4.98 Å². The fraction of sp³-hybridized carbons (Fsp3) is 0.0625. The number of carboxylic acid groups (broad SMARTS) is 1. The molecule has 0 aliphatic carbocycles. The molecule has 1 heterocycles. The molecule has 0 amide bonds. The molecule has 3 rings (SSSR count). The van der Waals surface area contributed by atoms with Crippen LogP contribution in [0.4, 0.5) is 0 Å². The molecule has 0 aliphatic heterocycles. The van der Waals surface area contributed by atoms with E-state index in [-0.39, 0.29) is 5.69 Å². The number of aryl methyl sites for hydroxylation is 1. The van der Waals surface area contributed by atoms with Gasteiger partial charge in [-0.25, -0.2) is 4.79 Å². The predicted octanol–water partition coefficient (Wildman–Crippen LogP) is 6.29. The van der Waals surface area contributed by atoms with Crippen molar-refractivity contribution in [3.8, 4) is 0 Å². The number of aromatic nitrogens is 1. The lowest BCUT2D eigenvalue weighted by atomic mass is 10.1. The average molecular weight is 387 g/mol. The zero-order valence-corrected chi connectivity index (χ0v) is 14.9. The summed E-state index contributed by atoms with van der Waals surface area (Å²) in [5, 5.41) is 11.5. The maximum atomic E-state index is 11.6. The molecule has 0 aliphatic rings. The minimum Gasteiger partial charge on any atom is -0.477 e. The minimum absolute atomic E-state index is 0.126. The molecular formula is C16H10Cl3NO2S. The molecule has 0 radical (unpaired) electrons. The lowest BCUT2D eigenvalue weighted by Crippen LogP contribution is -1.98. The van der Waals surface area contributed by atoms with E-state index in [1.54, 1.807) is 12.1 Å². The summed E-state index contributed by atoms with van der Waals surface area (Å²) < 4.78 is 0. The summed E-state index contributed by atoms with van der Waals surface area (Å²) in [5.41, 5.74) is 1.87. The van der Waals surface area contributed by atoms with Crippen LogP contribution in [0.25, 0.3) is 10.9 Å². The Balaban J connectivity index is 2.22. The monoisotopic (exact) mass is 385 g/mol. The van der Waals surface area contributed by atoms with E-state index >= 15 is 0 Å². The maximum Gasteiger partial charge on any atom is 0.353 e. The molecule has 0 spiro atoms. The van der Waals surface area contributed by atoms with Crippen LogP contribution in [-0.2, 0) is 0 Å². The van der Waals surface area contributed by atoms with Gasteiger partial charge in [0, 0.05) is 15.8 Å². The summed E-state index contributed by atoms with van der Waals surface area (Å²) in [7, 11) is 0. The fourth-order valence-corrected chi connectivity index (χ4v) is 4.23. The van der Waals surface area contributed by atoms with Crippen molar-refractivity contribution in [2.24, 2.45) is 0 Å². The number of aromatic carboxylic acids is 1. The second-order valence-electron chi connectivity index (χ2n) is 4.93. The van der Waals surface area contributed by atoms with Crippen LogP contribution < -0.4 is 0 Å². The Morgan fingerprint density at radius 3 is 2.52 bits per heavy atom. The van der Waals surface area contributed by atoms with E-state index in [1.165, 1.54) is 11.8 Å². The van der Waals surface area contributed by atoms with Gasteiger partial charge in [-0.3, -0.25) is 0 Å². The van der Waals surface area contributed by atoms with E-state index in [1.807, 2.05) is 25.1 Å². The summed E-state index contributed by atoms with van der Waals surface area (Å²) in [4.78, 5) is 15.8. The molecule has 7 heteroatoms. The van der Waals surface area contributed by atoms with Crippen molar-refractivity contribution in [2.45, 2.75) is 16.7 Å². The molecule has 0 fully saturated rings. The SMILES string of the molecule is Cc1cccc2[nH]c(C(=O)O)c(Sc3cc(Cl)c(Cl)cc3Cl)c12. The van der Waals surface area contributed by atoms with Crippen molar-refractivity contribution in [1.82, 2.24) is 4.98 Å². The highest BCUT2D eigenvalue weighted by Gasteiger charge is 2.20. The van der Waals surface area contributed by atoms with Gasteiger partial charge in [-0.15, -0.1) is 0 Å². The zero-order valence-electron chi connectivity index (χ0n) is 11.8. The fourth-order valence-electron chi connectivity index (χ4n) is 2.33. The number of carbonyl (C=O) groups is 1. The molecule has 0 bridgehead atoms. The third kappa shape index (κ3) is 3.04. The van der Waals surface area contributed by atoms with Crippen molar-refractivity contribution in [3.63, 3.8) is 0 Å². The molecule has 2 N–H and O–H groups in total. The van der Waals surface area contributed by atoms with Gasteiger partial charge in [0.1, 0.15) is 5.69 Å². The second kappa shape index (κ2) is 6.29. The quantitative estimate of drug-likeness (QED) is 0.520. The number of carboxylic acids is 1. The number of halogens is 3. The number of fused-ring (bicyclic) bond motifs is 1. The highest BCUT2D eigenvalue weighted by atomic mass is 35.5. The summed E-state index contributed by atoms with van der Waals surface area (Å²) in [6.45, 7) is 1.93. The number of hydrogen-bond donors (Lipinski definition) is 2. The van der Waals surface area contributed by atoms with Crippen molar-refractivity contribution < 1.29 is 9.90 Å². The van der Waals surface area contributed by atoms with E-state index in [4.69, 9.17) is 34.8 Å². The molecular weight excluding hydrogens is 377 g/mol. The van der Waals surface area contributed by atoms with Gasteiger partial charge in [-0.2, -0.15) is 0 Å². The van der Waals surface area contributed by atoms with Gasteiger partial charge in [-0.05, 0) is 30.7 Å². The zero-order chi connectivity index (χ0) is 16.7. The Morgan fingerprint density at radius 2 is 1.83 bits per heavy atom.